The van der Waals surface area contributed by atoms with E-state index in [0.29, 0.717) is 17.9 Å². The van der Waals surface area contributed by atoms with E-state index >= 15 is 0 Å². The lowest BCUT2D eigenvalue weighted by Gasteiger charge is -2.08. The summed E-state index contributed by atoms with van der Waals surface area (Å²) in [7, 11) is 1.80. The van der Waals surface area contributed by atoms with Crippen molar-refractivity contribution in [1.82, 2.24) is 20.3 Å². The van der Waals surface area contributed by atoms with Gasteiger partial charge < -0.3 is 15.6 Å². The highest BCUT2D eigenvalue weighted by atomic mass is 16.1. The molecule has 0 aliphatic carbocycles. The monoisotopic (exact) mass is 273 g/mol. The Morgan fingerprint density at radius 3 is 2.90 bits per heavy atom. The molecule has 0 spiro atoms. The van der Waals surface area contributed by atoms with Gasteiger partial charge in [-0.15, -0.1) is 0 Å². The number of aromatic amines is 1. The summed E-state index contributed by atoms with van der Waals surface area (Å²) in [5, 5.41) is 5.84. The van der Waals surface area contributed by atoms with Crippen LogP contribution in [0.5, 0.6) is 0 Å². The van der Waals surface area contributed by atoms with Crippen LogP contribution >= 0.6 is 0 Å². The fraction of sp³-hybridized carbons (Fsp3) is 0.357. The molecule has 0 fully saturated rings. The number of hydrogen-bond acceptors (Lipinski definition) is 4. The van der Waals surface area contributed by atoms with Crippen LogP contribution in [0.1, 0.15) is 35.1 Å². The summed E-state index contributed by atoms with van der Waals surface area (Å²) in [5.41, 5.74) is 2.41. The van der Waals surface area contributed by atoms with Gasteiger partial charge in [0.15, 0.2) is 0 Å². The van der Waals surface area contributed by atoms with Gasteiger partial charge in [0, 0.05) is 24.5 Å². The first-order valence-corrected chi connectivity index (χ1v) is 6.67. The molecule has 2 rings (SSSR count). The fourth-order valence-electron chi connectivity index (χ4n) is 1.89. The highest BCUT2D eigenvalue weighted by molar-refractivity contribution is 5.94. The van der Waals surface area contributed by atoms with Crippen LogP contribution in [0.3, 0.4) is 0 Å². The number of pyridine rings is 1. The molecule has 0 aromatic carbocycles. The second-order valence-electron chi connectivity index (χ2n) is 4.49. The zero-order valence-corrected chi connectivity index (χ0v) is 11.7. The molecule has 2 heterocycles. The standard InChI is InChI=1S/C14H19N5O/c1-3-4-11-5-10(6-13(15-2)19-11)14(20)17-8-12-7-16-9-18-12/h5-7,9H,3-4,8H2,1-2H3,(H,15,19)(H,16,18)(H,17,20). The first-order valence-electron chi connectivity index (χ1n) is 6.67. The molecule has 1 amide bonds. The van der Waals surface area contributed by atoms with Crippen molar-refractivity contribution in [1.29, 1.82) is 0 Å². The number of carbonyl (C=O) groups is 1. The van der Waals surface area contributed by atoms with Crippen LogP contribution in [0, 0.1) is 0 Å². The molecule has 0 radical (unpaired) electrons. The maximum atomic E-state index is 12.2. The van der Waals surface area contributed by atoms with Crippen molar-refractivity contribution in [3.8, 4) is 0 Å². The number of nitrogens with one attached hydrogen (secondary N) is 3. The molecule has 0 aliphatic rings. The lowest BCUT2D eigenvalue weighted by Crippen LogP contribution is -2.23. The number of aromatic nitrogens is 3. The van der Waals surface area contributed by atoms with Crippen molar-refractivity contribution < 1.29 is 4.79 Å². The second-order valence-corrected chi connectivity index (χ2v) is 4.49. The number of rotatable bonds is 6. The number of H-pyrrole nitrogens is 1. The Kier molecular flexibility index (Phi) is 4.70. The highest BCUT2D eigenvalue weighted by Crippen LogP contribution is 2.12. The summed E-state index contributed by atoms with van der Waals surface area (Å²) in [4.78, 5) is 23.4. The van der Waals surface area contributed by atoms with Crippen LogP contribution in [0.15, 0.2) is 24.7 Å². The second kappa shape index (κ2) is 6.70. The molecule has 20 heavy (non-hydrogen) atoms. The minimum Gasteiger partial charge on any atom is -0.373 e. The Hall–Kier alpha value is -2.37. The third-order valence-electron chi connectivity index (χ3n) is 2.90. The maximum absolute atomic E-state index is 12.2. The summed E-state index contributed by atoms with van der Waals surface area (Å²) in [6.45, 7) is 2.52. The van der Waals surface area contributed by atoms with Crippen LogP contribution in [0.2, 0.25) is 0 Å². The average molecular weight is 273 g/mol. The summed E-state index contributed by atoms with van der Waals surface area (Å²) in [6, 6.07) is 3.59. The van der Waals surface area contributed by atoms with Crippen LogP contribution in [-0.4, -0.2) is 27.9 Å². The number of hydrogen-bond donors (Lipinski definition) is 3. The Bertz CT molecular complexity index is 565. The van der Waals surface area contributed by atoms with Gasteiger partial charge in [-0.25, -0.2) is 9.97 Å². The van der Waals surface area contributed by atoms with Gasteiger partial charge in [0.1, 0.15) is 5.82 Å². The van der Waals surface area contributed by atoms with Gasteiger partial charge in [-0.3, -0.25) is 4.79 Å². The van der Waals surface area contributed by atoms with E-state index in [1.807, 2.05) is 6.07 Å². The van der Waals surface area contributed by atoms with Gasteiger partial charge in [0.25, 0.3) is 5.91 Å². The third kappa shape index (κ3) is 3.57. The van der Waals surface area contributed by atoms with E-state index < -0.39 is 0 Å². The number of carbonyl (C=O) groups excluding carboxylic acids is 1. The predicted molar refractivity (Wildman–Crippen MR) is 77.5 cm³/mol. The van der Waals surface area contributed by atoms with Gasteiger partial charge in [-0.2, -0.15) is 0 Å². The van der Waals surface area contributed by atoms with E-state index in [0.717, 1.165) is 24.2 Å². The molecule has 0 atom stereocenters. The van der Waals surface area contributed by atoms with Gasteiger partial charge in [-0.05, 0) is 18.6 Å². The Balaban J connectivity index is 2.09. The summed E-state index contributed by atoms with van der Waals surface area (Å²) in [6.07, 6.45) is 5.13. The normalized spacial score (nSPS) is 10.3. The lowest BCUT2D eigenvalue weighted by atomic mass is 10.1. The summed E-state index contributed by atoms with van der Waals surface area (Å²) >= 11 is 0. The van der Waals surface area contributed by atoms with Gasteiger partial charge in [-0.1, -0.05) is 13.3 Å². The summed E-state index contributed by atoms with van der Waals surface area (Å²) in [5.74, 6) is 0.596. The quantitative estimate of drug-likeness (QED) is 0.748. The van der Waals surface area contributed by atoms with Crippen molar-refractivity contribution in [2.45, 2.75) is 26.3 Å². The van der Waals surface area contributed by atoms with Gasteiger partial charge in [0.2, 0.25) is 0 Å². The molecule has 0 aliphatic heterocycles. The van der Waals surface area contributed by atoms with Gasteiger partial charge >= 0.3 is 0 Å². The fourth-order valence-corrected chi connectivity index (χ4v) is 1.89. The van der Waals surface area contributed by atoms with E-state index in [1.165, 1.54) is 0 Å². The summed E-state index contributed by atoms with van der Waals surface area (Å²) < 4.78 is 0. The van der Waals surface area contributed by atoms with Crippen LogP contribution < -0.4 is 10.6 Å². The topological polar surface area (TPSA) is 82.7 Å². The molecule has 6 nitrogen and oxygen atoms in total. The van der Waals surface area contributed by atoms with Crippen molar-refractivity contribution in [2.75, 3.05) is 12.4 Å². The Morgan fingerprint density at radius 1 is 1.40 bits per heavy atom. The molecule has 0 saturated heterocycles. The SMILES string of the molecule is CCCc1cc(C(=O)NCc2cnc[nH]2)cc(NC)n1. The zero-order valence-electron chi connectivity index (χ0n) is 11.7. The molecular weight excluding hydrogens is 254 g/mol. The van der Waals surface area contributed by atoms with Crippen molar-refractivity contribution in [3.63, 3.8) is 0 Å². The van der Waals surface area contributed by atoms with E-state index in [2.05, 4.69) is 32.5 Å². The number of aryl methyl sites for hydroxylation is 1. The molecule has 0 saturated carbocycles. The van der Waals surface area contributed by atoms with Crippen molar-refractivity contribution in [3.05, 3.63) is 41.6 Å². The van der Waals surface area contributed by atoms with Crippen LogP contribution in [-0.2, 0) is 13.0 Å². The molecular formula is C14H19N5O. The Morgan fingerprint density at radius 2 is 2.25 bits per heavy atom. The van der Waals surface area contributed by atoms with E-state index in [4.69, 9.17) is 0 Å². The van der Waals surface area contributed by atoms with Crippen LogP contribution in [0.4, 0.5) is 5.82 Å². The van der Waals surface area contributed by atoms with Crippen molar-refractivity contribution in [2.24, 2.45) is 0 Å². The largest absolute Gasteiger partial charge is 0.373 e. The molecule has 106 valence electrons. The first kappa shape index (κ1) is 14.0. The molecule has 6 heteroatoms. The predicted octanol–water partition coefficient (Wildman–Crippen LogP) is 1.73. The number of imidazole rings is 1. The van der Waals surface area contributed by atoms with E-state index in [1.54, 1.807) is 25.6 Å². The molecule has 0 bridgehead atoms. The van der Waals surface area contributed by atoms with E-state index in [-0.39, 0.29) is 5.91 Å². The Labute approximate surface area is 118 Å². The number of amides is 1. The minimum absolute atomic E-state index is 0.115. The molecule has 3 N–H and O–H groups in total. The lowest BCUT2D eigenvalue weighted by molar-refractivity contribution is 0.0950. The molecule has 2 aromatic rings. The molecule has 2 aromatic heterocycles. The zero-order chi connectivity index (χ0) is 14.4. The number of anilines is 1. The maximum Gasteiger partial charge on any atom is 0.251 e. The van der Waals surface area contributed by atoms with Crippen molar-refractivity contribution >= 4 is 11.7 Å². The first-order chi connectivity index (χ1) is 9.72. The van der Waals surface area contributed by atoms with Crippen LogP contribution in [0.25, 0.3) is 0 Å². The third-order valence-corrected chi connectivity index (χ3v) is 2.90. The smallest absolute Gasteiger partial charge is 0.251 e. The van der Waals surface area contributed by atoms with E-state index in [9.17, 15) is 4.79 Å². The average Bonchev–Trinajstić information content (AvgIpc) is 2.98. The molecule has 0 unspecified atom stereocenters. The van der Waals surface area contributed by atoms with Gasteiger partial charge in [0.05, 0.1) is 18.6 Å². The number of nitrogens with zero attached hydrogens (tertiary/aromatic N) is 2. The minimum atomic E-state index is -0.115. The highest BCUT2D eigenvalue weighted by Gasteiger charge is 2.09.